The van der Waals surface area contributed by atoms with Gasteiger partial charge in [-0.15, -0.1) is 0 Å². The number of hydrogen-bond acceptors (Lipinski definition) is 4. The van der Waals surface area contributed by atoms with Crippen LogP contribution in [0.15, 0.2) is 65.6 Å². The van der Waals surface area contributed by atoms with Crippen molar-refractivity contribution in [2.45, 2.75) is 11.8 Å². The molecule has 0 aliphatic carbocycles. The molecule has 0 aliphatic rings. The Labute approximate surface area is 147 Å². The Bertz CT molecular complexity index is 999. The molecular weight excluding hydrogens is 338 g/mol. The molecule has 6 heteroatoms. The van der Waals surface area contributed by atoms with E-state index in [2.05, 4.69) is 4.72 Å². The van der Waals surface area contributed by atoms with E-state index < -0.39 is 10.0 Å². The fourth-order valence-electron chi connectivity index (χ4n) is 2.69. The van der Waals surface area contributed by atoms with E-state index in [1.54, 1.807) is 55.6 Å². The van der Waals surface area contributed by atoms with Gasteiger partial charge in [0, 0.05) is 10.8 Å². The first-order valence-electron chi connectivity index (χ1n) is 7.87. The van der Waals surface area contributed by atoms with Crippen molar-refractivity contribution in [3.8, 4) is 11.5 Å². The second-order valence-electron chi connectivity index (χ2n) is 5.35. The van der Waals surface area contributed by atoms with Crippen LogP contribution in [-0.4, -0.2) is 22.1 Å². The molecule has 3 rings (SSSR count). The zero-order valence-electron chi connectivity index (χ0n) is 14.0. The molecule has 25 heavy (non-hydrogen) atoms. The lowest BCUT2D eigenvalue weighted by atomic mass is 10.1. The maximum absolute atomic E-state index is 13.0. The van der Waals surface area contributed by atoms with Crippen LogP contribution in [0.3, 0.4) is 0 Å². The van der Waals surface area contributed by atoms with Gasteiger partial charge in [-0.3, -0.25) is 4.72 Å². The zero-order chi connectivity index (χ0) is 17.9. The molecule has 0 saturated heterocycles. The molecule has 0 unspecified atom stereocenters. The van der Waals surface area contributed by atoms with Gasteiger partial charge in [-0.05, 0) is 31.2 Å². The minimum absolute atomic E-state index is 0.190. The second-order valence-corrected chi connectivity index (χ2v) is 7.00. The summed E-state index contributed by atoms with van der Waals surface area (Å²) < 4.78 is 39.4. The van der Waals surface area contributed by atoms with E-state index in [1.165, 1.54) is 0 Å². The average molecular weight is 357 g/mol. The Hall–Kier alpha value is -2.73. The number of rotatable bonds is 6. The first kappa shape index (κ1) is 17.1. The number of ether oxygens (including phenoxy) is 2. The standard InChI is InChI=1S/C19H19NO4S/c1-3-24-18-11-7-6-10-16(18)20-25(21,22)19-13-12-17(23-2)14-8-4-5-9-15(14)19/h4-13,20H,3H2,1-2H3. The third-order valence-corrected chi connectivity index (χ3v) is 5.21. The van der Waals surface area contributed by atoms with Crippen molar-refractivity contribution in [2.75, 3.05) is 18.4 Å². The highest BCUT2D eigenvalue weighted by atomic mass is 32.2. The number of nitrogens with one attached hydrogen (secondary N) is 1. The van der Waals surface area contributed by atoms with Crippen LogP contribution < -0.4 is 14.2 Å². The van der Waals surface area contributed by atoms with Crippen molar-refractivity contribution in [1.82, 2.24) is 0 Å². The average Bonchev–Trinajstić information content (AvgIpc) is 2.62. The molecule has 0 fully saturated rings. The molecule has 0 spiro atoms. The summed E-state index contributed by atoms with van der Waals surface area (Å²) in [4.78, 5) is 0.190. The summed E-state index contributed by atoms with van der Waals surface area (Å²) in [6.45, 7) is 2.30. The number of anilines is 1. The molecule has 130 valence electrons. The first-order valence-corrected chi connectivity index (χ1v) is 9.35. The van der Waals surface area contributed by atoms with Gasteiger partial charge in [-0.2, -0.15) is 0 Å². The minimum Gasteiger partial charge on any atom is -0.496 e. The zero-order valence-corrected chi connectivity index (χ0v) is 14.8. The van der Waals surface area contributed by atoms with E-state index in [4.69, 9.17) is 9.47 Å². The quantitative estimate of drug-likeness (QED) is 0.723. The molecule has 0 radical (unpaired) electrons. The van der Waals surface area contributed by atoms with E-state index in [9.17, 15) is 8.42 Å². The number of hydrogen-bond donors (Lipinski definition) is 1. The number of benzene rings is 3. The number of fused-ring (bicyclic) bond motifs is 1. The van der Waals surface area contributed by atoms with Crippen LogP contribution in [0.2, 0.25) is 0 Å². The van der Waals surface area contributed by atoms with Gasteiger partial charge < -0.3 is 9.47 Å². The Balaban J connectivity index is 2.09. The van der Waals surface area contributed by atoms with Crippen molar-refractivity contribution in [2.24, 2.45) is 0 Å². The fourth-order valence-corrected chi connectivity index (χ4v) is 3.97. The molecule has 0 amide bonds. The lowest BCUT2D eigenvalue weighted by Crippen LogP contribution is -2.14. The van der Waals surface area contributed by atoms with Gasteiger partial charge in [-0.1, -0.05) is 36.4 Å². The molecule has 3 aromatic rings. The Morgan fingerprint density at radius 1 is 0.880 bits per heavy atom. The normalized spacial score (nSPS) is 11.3. The van der Waals surface area contributed by atoms with Crippen molar-refractivity contribution >= 4 is 26.5 Å². The summed E-state index contributed by atoms with van der Waals surface area (Å²) in [6, 6.07) is 17.4. The summed E-state index contributed by atoms with van der Waals surface area (Å²) in [7, 11) is -2.23. The SMILES string of the molecule is CCOc1ccccc1NS(=O)(=O)c1ccc(OC)c2ccccc12. The monoisotopic (exact) mass is 357 g/mol. The summed E-state index contributed by atoms with van der Waals surface area (Å²) in [5.74, 6) is 1.12. The molecule has 3 aromatic carbocycles. The highest BCUT2D eigenvalue weighted by molar-refractivity contribution is 7.93. The maximum atomic E-state index is 13.0. The van der Waals surface area contributed by atoms with Crippen LogP contribution in [0.25, 0.3) is 10.8 Å². The highest BCUT2D eigenvalue weighted by Gasteiger charge is 2.20. The minimum atomic E-state index is -3.79. The van der Waals surface area contributed by atoms with Gasteiger partial charge >= 0.3 is 0 Å². The Morgan fingerprint density at radius 2 is 1.56 bits per heavy atom. The summed E-state index contributed by atoms with van der Waals surface area (Å²) in [5.41, 5.74) is 0.407. The fraction of sp³-hybridized carbons (Fsp3) is 0.158. The predicted molar refractivity (Wildman–Crippen MR) is 98.9 cm³/mol. The van der Waals surface area contributed by atoms with Gasteiger partial charge in [0.15, 0.2) is 0 Å². The lowest BCUT2D eigenvalue weighted by molar-refractivity contribution is 0.342. The molecule has 5 nitrogen and oxygen atoms in total. The molecule has 0 saturated carbocycles. The van der Waals surface area contributed by atoms with Crippen molar-refractivity contribution in [3.05, 3.63) is 60.7 Å². The smallest absolute Gasteiger partial charge is 0.262 e. The molecule has 0 atom stereocenters. The van der Waals surface area contributed by atoms with Crippen LogP contribution >= 0.6 is 0 Å². The van der Waals surface area contributed by atoms with Gasteiger partial charge in [0.2, 0.25) is 0 Å². The van der Waals surface area contributed by atoms with E-state index in [0.29, 0.717) is 29.2 Å². The number of para-hydroxylation sites is 2. The van der Waals surface area contributed by atoms with Gasteiger partial charge in [0.05, 0.1) is 24.3 Å². The molecule has 0 aromatic heterocycles. The molecule has 1 N–H and O–H groups in total. The van der Waals surface area contributed by atoms with E-state index >= 15 is 0 Å². The summed E-state index contributed by atoms with van der Waals surface area (Å²) in [5, 5.41) is 1.34. The second kappa shape index (κ2) is 7.03. The number of methoxy groups -OCH3 is 1. The third kappa shape index (κ3) is 3.39. The largest absolute Gasteiger partial charge is 0.496 e. The molecule has 0 heterocycles. The van der Waals surface area contributed by atoms with Crippen LogP contribution in [0.1, 0.15) is 6.92 Å². The summed E-state index contributed by atoms with van der Waals surface area (Å²) >= 11 is 0. The van der Waals surface area contributed by atoms with E-state index in [0.717, 1.165) is 5.39 Å². The predicted octanol–water partition coefficient (Wildman–Crippen LogP) is 4.05. The Kier molecular flexibility index (Phi) is 4.81. The van der Waals surface area contributed by atoms with Crippen LogP contribution in [-0.2, 0) is 10.0 Å². The van der Waals surface area contributed by atoms with E-state index in [-0.39, 0.29) is 4.90 Å². The summed E-state index contributed by atoms with van der Waals surface area (Å²) in [6.07, 6.45) is 0. The lowest BCUT2D eigenvalue weighted by Gasteiger charge is -2.15. The highest BCUT2D eigenvalue weighted by Crippen LogP contribution is 2.33. The first-order chi connectivity index (χ1) is 12.1. The van der Waals surface area contributed by atoms with Gasteiger partial charge in [0.1, 0.15) is 11.5 Å². The molecule has 0 bridgehead atoms. The van der Waals surface area contributed by atoms with Crippen molar-refractivity contribution in [1.29, 1.82) is 0 Å². The van der Waals surface area contributed by atoms with Gasteiger partial charge in [-0.25, -0.2) is 8.42 Å². The van der Waals surface area contributed by atoms with Crippen LogP contribution in [0, 0.1) is 0 Å². The van der Waals surface area contributed by atoms with E-state index in [1.807, 2.05) is 19.1 Å². The van der Waals surface area contributed by atoms with Crippen molar-refractivity contribution < 1.29 is 17.9 Å². The molecule has 0 aliphatic heterocycles. The number of sulfonamides is 1. The Morgan fingerprint density at radius 3 is 2.28 bits per heavy atom. The molecular formula is C19H19NO4S. The third-order valence-electron chi connectivity index (χ3n) is 3.78. The maximum Gasteiger partial charge on any atom is 0.262 e. The topological polar surface area (TPSA) is 64.6 Å². The van der Waals surface area contributed by atoms with Crippen LogP contribution in [0.4, 0.5) is 5.69 Å². The van der Waals surface area contributed by atoms with Gasteiger partial charge in [0.25, 0.3) is 10.0 Å². The van der Waals surface area contributed by atoms with Crippen molar-refractivity contribution in [3.63, 3.8) is 0 Å². The van der Waals surface area contributed by atoms with Crippen LogP contribution in [0.5, 0.6) is 11.5 Å².